The highest BCUT2D eigenvalue weighted by Crippen LogP contribution is 2.41. The summed E-state index contributed by atoms with van der Waals surface area (Å²) in [6, 6.07) is 0. The quantitative estimate of drug-likeness (QED) is 0.242. The van der Waals surface area contributed by atoms with Crippen LogP contribution in [-0.4, -0.2) is 0 Å². The first-order valence-electron chi connectivity index (χ1n) is 3.26. The third kappa shape index (κ3) is 3.55. The molecular weight excluding hydrogens is 576 g/mol. The van der Waals surface area contributed by atoms with Crippen LogP contribution in [0.3, 0.4) is 0 Å². The van der Waals surface area contributed by atoms with Crippen molar-refractivity contribution in [2.75, 3.05) is 0 Å². The molecule has 0 fully saturated rings. The minimum Gasteiger partial charge on any atom is -0.114 e. The maximum atomic E-state index is 3.52. The molecule has 82 valence electrons. The lowest BCUT2D eigenvalue weighted by Crippen LogP contribution is -1.88. The van der Waals surface area contributed by atoms with Crippen molar-refractivity contribution >= 4 is 97.7 Å². The van der Waals surface area contributed by atoms with Gasteiger partial charge in [-0.3, -0.25) is 0 Å². The van der Waals surface area contributed by atoms with Gasteiger partial charge < -0.3 is 0 Å². The topological polar surface area (TPSA) is 0 Å². The van der Waals surface area contributed by atoms with E-state index in [0.717, 1.165) is 17.9 Å². The van der Waals surface area contributed by atoms with Gasteiger partial charge in [-0.05, 0) is 88.7 Å². The maximum absolute atomic E-state index is 3.52. The van der Waals surface area contributed by atoms with Crippen LogP contribution < -0.4 is 0 Å². The molecule has 0 aliphatic carbocycles. The van der Waals surface area contributed by atoms with E-state index in [2.05, 4.69) is 77.6 Å². The summed E-state index contributed by atoms with van der Waals surface area (Å²) in [5, 5.41) is 0. The number of hydrogen-bond donors (Lipinski definition) is 0. The zero-order valence-corrected chi connectivity index (χ0v) is 17.1. The Bertz CT molecular complexity index is 228. The Kier molecular flexibility index (Phi) is 9.80. The average Bonchev–Trinajstić information content (AvgIpc) is 2.08. The largest absolute Gasteiger partial charge is 0.114 e. The molecule has 0 bridgehead atoms. The molecule has 0 radical (unpaired) electrons. The Balaban J connectivity index is 0. The summed E-state index contributed by atoms with van der Waals surface area (Å²) in [7, 11) is 0. The molecule has 0 aliphatic rings. The fraction of sp³-hybridized carbons (Fsp3) is 0.250. The van der Waals surface area contributed by atoms with Crippen LogP contribution in [0, 0.1) is 13.8 Å². The van der Waals surface area contributed by atoms with E-state index in [9.17, 15) is 0 Å². The fourth-order valence-corrected chi connectivity index (χ4v) is 3.37. The first kappa shape index (κ1) is 18.5. The van der Waals surface area contributed by atoms with E-state index in [-0.39, 0.29) is 34.0 Å². The first-order valence-corrected chi connectivity index (χ1v) is 6.43. The number of hydrogen-bond acceptors (Lipinski definition) is 0. The van der Waals surface area contributed by atoms with Crippen LogP contribution in [-0.2, 0) is 0 Å². The van der Waals surface area contributed by atoms with Crippen LogP contribution in [0.5, 0.6) is 0 Å². The summed E-state index contributed by atoms with van der Waals surface area (Å²) in [6.07, 6.45) is 0. The molecule has 0 saturated carbocycles. The average molecular weight is 584 g/mol. The normalized spacial score (nSPS) is 9.00. The molecule has 0 saturated heterocycles. The van der Waals surface area contributed by atoms with E-state index >= 15 is 0 Å². The summed E-state index contributed by atoms with van der Waals surface area (Å²) < 4.78 is 4.32. The predicted molar refractivity (Wildman–Crippen MR) is 87.4 cm³/mol. The van der Waals surface area contributed by atoms with Gasteiger partial charge in [0.2, 0.25) is 0 Å². The molecule has 1 rings (SSSR count). The molecule has 0 atom stereocenters. The van der Waals surface area contributed by atoms with Gasteiger partial charge in [0, 0.05) is 17.9 Å². The molecule has 0 unspecified atom stereocenters. The standard InChI is InChI=1S/C8H6Br4.2BrH/c1-3-4(2)6(10)8(12)7(11)5(3)9;;/h1-2H3;2*1H. The minimum atomic E-state index is 0. The second kappa shape index (κ2) is 7.43. The lowest BCUT2D eigenvalue weighted by Gasteiger charge is -2.10. The molecular formula is C8H8Br6. The van der Waals surface area contributed by atoms with Crippen molar-refractivity contribution in [3.63, 3.8) is 0 Å². The van der Waals surface area contributed by atoms with Crippen LogP contribution in [0.1, 0.15) is 11.1 Å². The first-order chi connectivity index (χ1) is 5.46. The van der Waals surface area contributed by atoms with E-state index < -0.39 is 0 Å². The third-order valence-corrected chi connectivity index (χ3v) is 6.96. The number of rotatable bonds is 0. The lowest BCUT2D eigenvalue weighted by molar-refractivity contribution is 1.26. The fourth-order valence-electron chi connectivity index (χ4n) is 0.851. The van der Waals surface area contributed by atoms with Crippen molar-refractivity contribution < 1.29 is 0 Å². The van der Waals surface area contributed by atoms with Crippen LogP contribution in [0.25, 0.3) is 0 Å². The summed E-state index contributed by atoms with van der Waals surface area (Å²) >= 11 is 14.0. The predicted octanol–water partition coefficient (Wildman–Crippen LogP) is 6.51. The summed E-state index contributed by atoms with van der Waals surface area (Å²) in [4.78, 5) is 0. The monoisotopic (exact) mass is 578 g/mol. The molecule has 6 heteroatoms. The highest BCUT2D eigenvalue weighted by atomic mass is 79.9. The van der Waals surface area contributed by atoms with Crippen molar-refractivity contribution in [3.05, 3.63) is 29.0 Å². The van der Waals surface area contributed by atoms with Crippen LogP contribution in [0.4, 0.5) is 0 Å². The molecule has 1 aromatic carbocycles. The van der Waals surface area contributed by atoms with Gasteiger partial charge in [0.15, 0.2) is 0 Å². The van der Waals surface area contributed by atoms with Gasteiger partial charge in [0.05, 0.1) is 0 Å². The highest BCUT2D eigenvalue weighted by Gasteiger charge is 2.12. The molecule has 0 spiro atoms. The van der Waals surface area contributed by atoms with Crippen molar-refractivity contribution in [1.82, 2.24) is 0 Å². The van der Waals surface area contributed by atoms with Gasteiger partial charge in [0.25, 0.3) is 0 Å². The van der Waals surface area contributed by atoms with Crippen LogP contribution in [0.2, 0.25) is 0 Å². The highest BCUT2D eigenvalue weighted by molar-refractivity contribution is 9.15. The Morgan fingerprint density at radius 1 is 0.571 bits per heavy atom. The maximum Gasteiger partial charge on any atom is 0.0473 e. The van der Waals surface area contributed by atoms with Gasteiger partial charge in [-0.1, -0.05) is 0 Å². The number of benzene rings is 1. The van der Waals surface area contributed by atoms with Crippen LogP contribution in [0.15, 0.2) is 17.9 Å². The van der Waals surface area contributed by atoms with Gasteiger partial charge in [-0.2, -0.15) is 0 Å². The minimum absolute atomic E-state index is 0. The smallest absolute Gasteiger partial charge is 0.0473 e. The molecule has 14 heavy (non-hydrogen) atoms. The van der Waals surface area contributed by atoms with E-state index in [4.69, 9.17) is 0 Å². The molecule has 0 N–H and O–H groups in total. The van der Waals surface area contributed by atoms with E-state index in [1.54, 1.807) is 0 Å². The van der Waals surface area contributed by atoms with Crippen molar-refractivity contribution in [2.24, 2.45) is 0 Å². The summed E-state index contributed by atoms with van der Waals surface area (Å²) in [6.45, 7) is 4.17. The SMILES string of the molecule is Br.Br.Cc1c(C)c(Br)c(Br)c(Br)c1Br. The molecule has 0 heterocycles. The zero-order valence-electron chi connectivity index (χ0n) is 7.33. The molecule has 1 aromatic rings. The lowest BCUT2D eigenvalue weighted by atomic mass is 10.1. The Labute approximate surface area is 139 Å². The third-order valence-electron chi connectivity index (χ3n) is 1.80. The van der Waals surface area contributed by atoms with Crippen LogP contribution >= 0.6 is 97.7 Å². The van der Waals surface area contributed by atoms with E-state index in [0.29, 0.717) is 0 Å². The van der Waals surface area contributed by atoms with E-state index in [1.165, 1.54) is 11.1 Å². The molecule has 0 amide bonds. The summed E-state index contributed by atoms with van der Waals surface area (Å²) in [5.74, 6) is 0. The zero-order chi connectivity index (χ0) is 9.46. The van der Waals surface area contributed by atoms with Crippen molar-refractivity contribution in [2.45, 2.75) is 13.8 Å². The summed E-state index contributed by atoms with van der Waals surface area (Å²) in [5.41, 5.74) is 2.49. The van der Waals surface area contributed by atoms with Crippen molar-refractivity contribution in [3.8, 4) is 0 Å². The van der Waals surface area contributed by atoms with Gasteiger partial charge in [-0.15, -0.1) is 34.0 Å². The van der Waals surface area contributed by atoms with Crippen molar-refractivity contribution in [1.29, 1.82) is 0 Å². The Morgan fingerprint density at radius 2 is 0.786 bits per heavy atom. The Hall–Kier alpha value is 2.10. The van der Waals surface area contributed by atoms with Gasteiger partial charge in [0.1, 0.15) is 0 Å². The second-order valence-corrected chi connectivity index (χ2v) is 5.68. The Morgan fingerprint density at radius 3 is 1.00 bits per heavy atom. The van der Waals surface area contributed by atoms with E-state index in [1.807, 2.05) is 0 Å². The number of halogens is 6. The molecule has 0 aliphatic heterocycles. The second-order valence-electron chi connectivity index (χ2n) is 2.51. The van der Waals surface area contributed by atoms with Gasteiger partial charge in [-0.25, -0.2) is 0 Å². The molecule has 0 nitrogen and oxygen atoms in total. The molecule has 0 aromatic heterocycles. The van der Waals surface area contributed by atoms with Gasteiger partial charge >= 0.3 is 0 Å².